The number of hydrogen-bond acceptors (Lipinski definition) is 0. The van der Waals surface area contributed by atoms with Crippen molar-refractivity contribution in [1.29, 1.82) is 0 Å². The van der Waals surface area contributed by atoms with Crippen LogP contribution in [0.3, 0.4) is 0 Å². The summed E-state index contributed by atoms with van der Waals surface area (Å²) in [6, 6.07) is 18.6. The van der Waals surface area contributed by atoms with Gasteiger partial charge in [-0.25, -0.2) is 6.07 Å². The van der Waals surface area contributed by atoms with Gasteiger partial charge in [-0.15, -0.1) is 54.5 Å². The second kappa shape index (κ2) is 22.2. The zero-order chi connectivity index (χ0) is 11.6. The van der Waals surface area contributed by atoms with Crippen LogP contribution in [0.2, 0.25) is 0 Å². The fourth-order valence-corrected chi connectivity index (χ4v) is 1.79. The molecule has 0 amide bonds. The number of benzene rings is 1. The monoisotopic (exact) mass is 419 g/mol. The number of halogens is 2. The fourth-order valence-electron chi connectivity index (χ4n) is 1.31. The molecule has 0 aliphatic carbocycles. The Morgan fingerprint density at radius 3 is 2.00 bits per heavy atom. The normalized spacial score (nSPS) is 6.81. The van der Waals surface area contributed by atoms with Crippen molar-refractivity contribution in [3.8, 4) is 0 Å². The van der Waals surface area contributed by atoms with Crippen molar-refractivity contribution < 1.29 is 24.2 Å². The molecule has 0 N–H and O–H groups in total. The zero-order valence-electron chi connectivity index (χ0n) is 12.8. The molecule has 0 saturated carbocycles. The maximum atomic E-state index is 3.34. The molecule has 21 heavy (non-hydrogen) atoms. The van der Waals surface area contributed by atoms with Gasteiger partial charge in [0, 0.05) is 0 Å². The Morgan fingerprint density at radius 2 is 1.57 bits per heavy atom. The molecule has 1 atom stereocenters. The van der Waals surface area contributed by atoms with Gasteiger partial charge in [-0.05, 0) is 0 Å². The first-order chi connectivity index (χ1) is 7.97. The van der Waals surface area contributed by atoms with E-state index in [1.54, 1.807) is 0 Å². The van der Waals surface area contributed by atoms with E-state index in [0.717, 1.165) is 8.19 Å². The first-order valence-electron chi connectivity index (χ1n) is 4.92. The van der Waals surface area contributed by atoms with E-state index in [2.05, 4.69) is 58.3 Å². The van der Waals surface area contributed by atoms with E-state index < -0.39 is 0 Å². The molecule has 0 fully saturated rings. The van der Waals surface area contributed by atoms with Gasteiger partial charge in [0.25, 0.3) is 0 Å². The zero-order valence-corrected chi connectivity index (χ0v) is 17.9. The molecule has 3 aromatic rings. The average molecular weight is 421 g/mol. The summed E-state index contributed by atoms with van der Waals surface area (Å²) in [4.78, 5) is 0. The van der Waals surface area contributed by atoms with Gasteiger partial charge in [0.05, 0.1) is 0 Å². The predicted octanol–water partition coefficient (Wildman–Crippen LogP) is 6.24. The van der Waals surface area contributed by atoms with E-state index in [1.165, 1.54) is 35.0 Å². The van der Waals surface area contributed by atoms with E-state index >= 15 is 0 Å². The fraction of sp³-hybridized carbons (Fsp3) is 0. The summed E-state index contributed by atoms with van der Waals surface area (Å²) in [7, 11) is 0.823. The molecule has 0 radical (unpaired) electrons. The number of fused-ring (bicyclic) bond motifs is 1. The molecule has 1 aromatic heterocycles. The maximum Gasteiger partial charge on any atom is -0.0809 e. The quantitative estimate of drug-likeness (QED) is 0.377. The molecule has 0 aliphatic rings. The largest absolute Gasteiger partial charge is 0.358 e. The molecular weight excluding hydrogens is 397 g/mol. The molecular formula is C17H24Cl2PZr-5. The Hall–Kier alpha value is -0.0569. The van der Waals surface area contributed by atoms with Gasteiger partial charge in [-0.1, -0.05) is 6.07 Å². The first-order valence-corrected chi connectivity index (χ1v) is 7.73. The summed E-state index contributed by atoms with van der Waals surface area (Å²) >= 11 is 1.30. The van der Waals surface area contributed by atoms with Gasteiger partial charge in [0.1, 0.15) is 0 Å². The Balaban J connectivity index is -0.0000000639. The summed E-state index contributed by atoms with van der Waals surface area (Å²) in [6.07, 6.45) is 0. The Morgan fingerprint density at radius 1 is 0.952 bits per heavy atom. The smallest absolute Gasteiger partial charge is 0.0809 e. The summed E-state index contributed by atoms with van der Waals surface area (Å²) in [5.74, 6) is 5.11. The van der Waals surface area contributed by atoms with Crippen LogP contribution in [0, 0.1) is 28.1 Å². The van der Waals surface area contributed by atoms with E-state index in [4.69, 9.17) is 0 Å². The standard InChI is InChI=1S/C9H7.C4H4P.3CH3.CH2.2ClH.Zr/c1-2-5-9-7-3-6-8(9)4-1;1-2-4-5-3-1;;;;;;;/h1-7H;1-3,5H;3*1H3;1H2;2*1H;/q5*-1;;;;. The molecule has 120 valence electrons. The van der Waals surface area contributed by atoms with Crippen molar-refractivity contribution >= 4 is 48.0 Å². The van der Waals surface area contributed by atoms with Crippen LogP contribution in [0.15, 0.2) is 60.4 Å². The molecule has 0 aliphatic heterocycles. The molecule has 3 rings (SSSR count). The van der Waals surface area contributed by atoms with Crippen molar-refractivity contribution in [1.82, 2.24) is 0 Å². The summed E-state index contributed by atoms with van der Waals surface area (Å²) in [5.41, 5.74) is 0. The van der Waals surface area contributed by atoms with Gasteiger partial charge in [0.2, 0.25) is 0 Å². The third kappa shape index (κ3) is 13.3. The van der Waals surface area contributed by atoms with Crippen molar-refractivity contribution in [2.75, 3.05) is 0 Å². The van der Waals surface area contributed by atoms with Gasteiger partial charge in [-0.3, -0.25) is 8.19 Å². The van der Waals surface area contributed by atoms with Crippen LogP contribution in [-0.2, 0) is 24.2 Å². The molecule has 0 nitrogen and oxygen atoms in total. The Bertz CT molecular complexity index is 445. The topological polar surface area (TPSA) is 0 Å². The van der Waals surface area contributed by atoms with Crippen molar-refractivity contribution in [3.63, 3.8) is 0 Å². The van der Waals surface area contributed by atoms with Crippen molar-refractivity contribution in [2.45, 2.75) is 0 Å². The SMILES string of the molecule is Cl.Cl.[CH2]=[Zr].[CH3-].[CH3-].[CH3-].[c-]1ccc[pH]1.c1ccc2[cH-]ccc2c1. The van der Waals surface area contributed by atoms with Gasteiger partial charge >= 0.3 is 28.4 Å². The molecule has 1 heterocycles. The Labute approximate surface area is 160 Å². The third-order valence-corrected chi connectivity index (χ3v) is 2.68. The van der Waals surface area contributed by atoms with Crippen LogP contribution in [-0.4, -0.2) is 4.21 Å². The third-order valence-electron chi connectivity index (χ3n) is 1.99. The number of rotatable bonds is 0. The van der Waals surface area contributed by atoms with E-state index in [0.29, 0.717) is 0 Å². The summed E-state index contributed by atoms with van der Waals surface area (Å²) in [6.45, 7) is 0. The minimum absolute atomic E-state index is 0. The molecule has 4 heteroatoms. The van der Waals surface area contributed by atoms with Gasteiger partial charge in [-0.2, -0.15) is 35.2 Å². The molecule has 0 saturated heterocycles. The van der Waals surface area contributed by atoms with E-state index in [9.17, 15) is 0 Å². The van der Waals surface area contributed by atoms with Crippen LogP contribution >= 0.6 is 33.0 Å². The number of hydrogen-bond donors (Lipinski definition) is 0. The molecule has 0 bridgehead atoms. The van der Waals surface area contributed by atoms with Gasteiger partial charge in [0.15, 0.2) is 0 Å². The van der Waals surface area contributed by atoms with Crippen LogP contribution in [0.1, 0.15) is 0 Å². The van der Waals surface area contributed by atoms with E-state index in [-0.39, 0.29) is 47.1 Å². The molecule has 0 spiro atoms. The van der Waals surface area contributed by atoms with Gasteiger partial charge < -0.3 is 22.3 Å². The van der Waals surface area contributed by atoms with Crippen LogP contribution in [0.25, 0.3) is 10.8 Å². The second-order valence-corrected chi connectivity index (χ2v) is 3.88. The molecule has 2 aromatic carbocycles. The average Bonchev–Trinajstić information content (AvgIpc) is 3.06. The Kier molecular flexibility index (Phi) is 34.7. The van der Waals surface area contributed by atoms with Crippen LogP contribution in [0.4, 0.5) is 0 Å². The minimum atomic E-state index is 0. The summed E-state index contributed by atoms with van der Waals surface area (Å²) in [5, 5.41) is 2.66. The predicted molar refractivity (Wildman–Crippen MR) is 105 cm³/mol. The van der Waals surface area contributed by atoms with E-state index in [1.807, 2.05) is 12.1 Å². The van der Waals surface area contributed by atoms with Crippen molar-refractivity contribution in [3.05, 3.63) is 88.5 Å². The first kappa shape index (κ1) is 32.8. The summed E-state index contributed by atoms with van der Waals surface area (Å²) < 4.78 is 3.34. The maximum absolute atomic E-state index is 3.34. The van der Waals surface area contributed by atoms with Crippen LogP contribution < -0.4 is 0 Å². The minimum Gasteiger partial charge on any atom is -0.358 e. The van der Waals surface area contributed by atoms with Crippen LogP contribution in [0.5, 0.6) is 0 Å². The van der Waals surface area contributed by atoms with Crippen molar-refractivity contribution in [2.24, 2.45) is 0 Å². The molecule has 1 unspecified atom stereocenters. The second-order valence-electron chi connectivity index (χ2n) is 2.97.